The van der Waals surface area contributed by atoms with Crippen LogP contribution in [0.15, 0.2) is 70.5 Å². The van der Waals surface area contributed by atoms with Crippen molar-refractivity contribution in [2.24, 2.45) is 0 Å². The van der Waals surface area contributed by atoms with Gasteiger partial charge < -0.3 is 29.5 Å². The van der Waals surface area contributed by atoms with E-state index < -0.39 is 52.2 Å². The third kappa shape index (κ3) is 7.29. The molecule has 2 amide bonds. The number of hydrogen-bond donors (Lipinski definition) is 2. The molecule has 6 heterocycles. The van der Waals surface area contributed by atoms with Crippen LogP contribution < -0.4 is 10.9 Å². The summed E-state index contributed by atoms with van der Waals surface area (Å²) < 4.78 is 64.0. The number of pyridine rings is 1. The van der Waals surface area contributed by atoms with Gasteiger partial charge in [-0.1, -0.05) is 11.6 Å². The molecule has 1 spiro atoms. The molecular weight excluding hydrogens is 791 g/mol. The molecular formula is C37H35ClF3N9O6S. The molecule has 3 aliphatic heterocycles. The number of piperazine rings is 1. The van der Waals surface area contributed by atoms with Crippen molar-refractivity contribution in [1.29, 1.82) is 0 Å². The number of anilines is 1. The number of carbonyl (C=O) groups excluding carboxylic acids is 2. The quantitative estimate of drug-likeness (QED) is 0.246. The Bertz CT molecular complexity index is 2480. The molecule has 0 saturated carbocycles. The number of hydrogen-bond acceptors (Lipinski definition) is 10. The average Bonchev–Trinajstić information content (AvgIpc) is 3.81. The summed E-state index contributed by atoms with van der Waals surface area (Å²) in [7, 11) is 0.629. The number of alkyl halides is 3. The number of rotatable bonds is 7. The van der Waals surface area contributed by atoms with Crippen LogP contribution in [-0.4, -0.2) is 106 Å². The SMILES string of the molecule is CN1CCN(S(=O)c2ccc(-c3nc4n(CC(=O)Nc5ccc(C(F)(F)F)cc5Cl)c5c(c(=O)n4n3)C3(CCN(C(=O)c4ncccc4O)CC3)OC5)cc2)CC1. The number of likely N-dealkylation sites (tertiary alicyclic amines) is 1. The Hall–Kier alpha value is -5.21. The van der Waals surface area contributed by atoms with E-state index in [1.807, 2.05) is 11.4 Å². The molecule has 2 fully saturated rings. The summed E-state index contributed by atoms with van der Waals surface area (Å²) in [4.78, 5) is 54.3. The third-order valence-electron chi connectivity index (χ3n) is 10.5. The van der Waals surface area contributed by atoms with Gasteiger partial charge in [0.05, 0.1) is 39.0 Å². The molecule has 298 valence electrons. The van der Waals surface area contributed by atoms with Crippen molar-refractivity contribution in [3.63, 3.8) is 0 Å². The average molecular weight is 826 g/mol. The molecule has 5 aromatic rings. The Balaban J connectivity index is 1.13. The van der Waals surface area contributed by atoms with E-state index in [1.54, 1.807) is 24.3 Å². The zero-order chi connectivity index (χ0) is 40.2. The van der Waals surface area contributed by atoms with Crippen molar-refractivity contribution >= 4 is 45.9 Å². The lowest BCUT2D eigenvalue weighted by Crippen LogP contribution is -2.47. The van der Waals surface area contributed by atoms with Gasteiger partial charge >= 0.3 is 6.18 Å². The number of nitrogens with zero attached hydrogens (tertiary/aromatic N) is 8. The number of likely N-dealkylation sites (N-methyl/N-ethyl adjacent to an activating group) is 1. The Morgan fingerprint density at radius 2 is 1.75 bits per heavy atom. The van der Waals surface area contributed by atoms with Gasteiger partial charge in [0.1, 0.15) is 28.9 Å². The van der Waals surface area contributed by atoms with E-state index in [0.29, 0.717) is 35.3 Å². The highest BCUT2D eigenvalue weighted by Gasteiger charge is 2.48. The van der Waals surface area contributed by atoms with Gasteiger partial charge in [0, 0.05) is 51.0 Å². The van der Waals surface area contributed by atoms with Gasteiger partial charge in [-0.15, -0.1) is 5.10 Å². The van der Waals surface area contributed by atoms with E-state index >= 15 is 0 Å². The largest absolute Gasteiger partial charge is 0.505 e. The van der Waals surface area contributed by atoms with Gasteiger partial charge in [-0.05, 0) is 74.5 Å². The summed E-state index contributed by atoms with van der Waals surface area (Å²) in [6.07, 6.45) is -2.84. The first kappa shape index (κ1) is 38.7. The summed E-state index contributed by atoms with van der Waals surface area (Å²) in [5.74, 6) is -1.26. The lowest BCUT2D eigenvalue weighted by Gasteiger charge is -2.38. The molecule has 1 atom stereocenters. The van der Waals surface area contributed by atoms with Gasteiger partial charge in [-0.25, -0.2) is 13.5 Å². The van der Waals surface area contributed by atoms with E-state index in [2.05, 4.69) is 25.3 Å². The van der Waals surface area contributed by atoms with Crippen LogP contribution in [0.3, 0.4) is 0 Å². The fourth-order valence-corrected chi connectivity index (χ4v) is 8.79. The van der Waals surface area contributed by atoms with E-state index in [9.17, 15) is 36.9 Å². The maximum absolute atomic E-state index is 14.4. The molecule has 2 saturated heterocycles. The highest BCUT2D eigenvalue weighted by Crippen LogP contribution is 2.43. The number of aromatic hydroxyl groups is 1. The Kier molecular flexibility index (Phi) is 10.1. The monoisotopic (exact) mass is 825 g/mol. The summed E-state index contributed by atoms with van der Waals surface area (Å²) in [6.45, 7) is 2.66. The first-order chi connectivity index (χ1) is 27.2. The van der Waals surface area contributed by atoms with Crippen molar-refractivity contribution in [3.8, 4) is 17.1 Å². The highest BCUT2D eigenvalue weighted by molar-refractivity contribution is 7.82. The molecule has 0 bridgehead atoms. The number of piperidine rings is 1. The number of nitrogens with one attached hydrogen (secondary N) is 1. The Morgan fingerprint density at radius 3 is 2.42 bits per heavy atom. The fourth-order valence-electron chi connectivity index (χ4n) is 7.40. The van der Waals surface area contributed by atoms with Crippen molar-refractivity contribution in [3.05, 3.63) is 98.7 Å². The van der Waals surface area contributed by atoms with Crippen molar-refractivity contribution in [1.82, 2.24) is 38.3 Å². The molecule has 2 aromatic carbocycles. The second-order valence-electron chi connectivity index (χ2n) is 14.1. The molecule has 3 aromatic heterocycles. The van der Waals surface area contributed by atoms with Crippen molar-refractivity contribution in [2.45, 2.75) is 42.7 Å². The minimum Gasteiger partial charge on any atom is -0.505 e. The highest BCUT2D eigenvalue weighted by atomic mass is 35.5. The zero-order valence-corrected chi connectivity index (χ0v) is 31.9. The summed E-state index contributed by atoms with van der Waals surface area (Å²) in [5.41, 5.74) is -1.74. The standard InChI is InChI=1S/C37H35ClF3N9O6S/c1-46-15-17-48(18-16-46)57(55)24-7-4-22(5-8-24)32-44-35-49(20-29(52)43-26-9-6-23(19-25(26)38)37(39,40)41)27-21-56-36(30(27)33(53)50(35)45-32)10-13-47(14-11-36)34(54)31-28(51)3-2-12-42-31/h2-9,12,19,51H,10-11,13-18,20-21H2,1H3,(H,43,52). The molecule has 57 heavy (non-hydrogen) atoms. The Morgan fingerprint density at radius 1 is 1.04 bits per heavy atom. The van der Waals surface area contributed by atoms with Gasteiger partial charge in [0.25, 0.3) is 11.5 Å². The smallest absolute Gasteiger partial charge is 0.416 e. The topological polar surface area (TPSA) is 167 Å². The molecule has 20 heteroatoms. The molecule has 0 aliphatic carbocycles. The zero-order valence-electron chi connectivity index (χ0n) is 30.3. The van der Waals surface area contributed by atoms with Crippen LogP contribution in [0.25, 0.3) is 17.2 Å². The van der Waals surface area contributed by atoms with Crippen molar-refractivity contribution < 1.29 is 36.8 Å². The number of ether oxygens (including phenoxy) is 1. The molecule has 3 aliphatic rings. The lowest BCUT2D eigenvalue weighted by molar-refractivity contribution is -0.137. The molecule has 0 radical (unpaired) electrons. The summed E-state index contributed by atoms with van der Waals surface area (Å²) in [5, 5.41) is 17.0. The number of benzene rings is 2. The second kappa shape index (κ2) is 14.9. The van der Waals surface area contributed by atoms with Crippen LogP contribution in [-0.2, 0) is 45.4 Å². The predicted octanol–water partition coefficient (Wildman–Crippen LogP) is 3.90. The van der Waals surface area contributed by atoms with Crippen LogP contribution in [0.1, 0.15) is 40.2 Å². The number of carbonyl (C=O) groups is 2. The minimum absolute atomic E-state index is 0.00592. The predicted molar refractivity (Wildman–Crippen MR) is 201 cm³/mol. The minimum atomic E-state index is -4.64. The van der Waals surface area contributed by atoms with Crippen LogP contribution >= 0.6 is 11.6 Å². The van der Waals surface area contributed by atoms with E-state index in [4.69, 9.17) is 16.3 Å². The molecule has 1 unspecified atom stereocenters. The number of aromatic nitrogens is 5. The number of fused-ring (bicyclic) bond motifs is 3. The summed E-state index contributed by atoms with van der Waals surface area (Å²) >= 11 is 6.14. The summed E-state index contributed by atoms with van der Waals surface area (Å²) in [6, 6.07) is 12.3. The molecule has 8 rings (SSSR count). The van der Waals surface area contributed by atoms with E-state index in [1.165, 1.54) is 27.8 Å². The normalized spacial score (nSPS) is 17.9. The number of amides is 2. The second-order valence-corrected chi connectivity index (χ2v) is 15.9. The van der Waals surface area contributed by atoms with E-state index in [-0.39, 0.29) is 71.9 Å². The lowest BCUT2D eigenvalue weighted by atomic mass is 9.85. The Labute approximate surface area is 330 Å². The molecule has 15 nitrogen and oxygen atoms in total. The first-order valence-electron chi connectivity index (χ1n) is 17.9. The van der Waals surface area contributed by atoms with Crippen molar-refractivity contribution in [2.75, 3.05) is 51.6 Å². The van der Waals surface area contributed by atoms with Gasteiger partial charge in [0.15, 0.2) is 11.5 Å². The van der Waals surface area contributed by atoms with Crippen LogP contribution in [0.5, 0.6) is 5.75 Å². The first-order valence-corrected chi connectivity index (χ1v) is 19.4. The van der Waals surface area contributed by atoms with Crippen LogP contribution in [0.2, 0.25) is 5.02 Å². The maximum atomic E-state index is 14.4. The van der Waals surface area contributed by atoms with Crippen LogP contribution in [0.4, 0.5) is 18.9 Å². The molecule has 2 N–H and O–H groups in total. The fraction of sp³-hybridized carbons (Fsp3) is 0.351. The van der Waals surface area contributed by atoms with Gasteiger partial charge in [-0.3, -0.25) is 14.4 Å². The van der Waals surface area contributed by atoms with Gasteiger partial charge in [-0.2, -0.15) is 22.7 Å². The maximum Gasteiger partial charge on any atom is 0.416 e. The van der Waals surface area contributed by atoms with Crippen LogP contribution in [0, 0.1) is 0 Å². The number of halogens is 4. The van der Waals surface area contributed by atoms with E-state index in [0.717, 1.165) is 29.7 Å². The third-order valence-corrected chi connectivity index (χ3v) is 12.3. The van der Waals surface area contributed by atoms with Gasteiger partial charge in [0.2, 0.25) is 11.7 Å².